The van der Waals surface area contributed by atoms with E-state index in [4.69, 9.17) is 11.6 Å². The van der Waals surface area contributed by atoms with Crippen molar-refractivity contribution in [1.29, 1.82) is 0 Å². The number of benzene rings is 2. The highest BCUT2D eigenvalue weighted by molar-refractivity contribution is 8.00. The first-order chi connectivity index (χ1) is 11.7. The quantitative estimate of drug-likeness (QED) is 0.682. The number of nitrogens with zero attached hydrogens (tertiary/aromatic N) is 2. The van der Waals surface area contributed by atoms with Gasteiger partial charge in [0.2, 0.25) is 0 Å². The molecule has 1 heterocycles. The van der Waals surface area contributed by atoms with Gasteiger partial charge in [0.25, 0.3) is 5.91 Å². The van der Waals surface area contributed by atoms with Gasteiger partial charge in [-0.15, -0.1) is 11.8 Å². The van der Waals surface area contributed by atoms with Crippen LogP contribution in [0.5, 0.6) is 0 Å². The molecule has 0 aromatic heterocycles. The Morgan fingerprint density at radius 1 is 1.17 bits per heavy atom. The summed E-state index contributed by atoms with van der Waals surface area (Å²) in [5.41, 5.74) is 1.12. The Morgan fingerprint density at radius 3 is 2.50 bits per heavy atom. The first kappa shape index (κ1) is 18.6. The van der Waals surface area contributed by atoms with E-state index in [0.29, 0.717) is 10.8 Å². The van der Waals surface area contributed by atoms with Gasteiger partial charge in [0.15, 0.2) is 0 Å². The standard InChI is InChI=1S/C17H15ClN2OS.C2H6/c18-14-6-8-15(9-7-14)22-12-17(21)20-16(10-11-19-20)13-4-2-1-3-5-13;1-2/h1-9,11,16H,10,12H2;1-2H3. The molecule has 1 aliphatic rings. The zero-order chi connectivity index (χ0) is 17.4. The highest BCUT2D eigenvalue weighted by Gasteiger charge is 2.27. The molecule has 0 aliphatic carbocycles. The van der Waals surface area contributed by atoms with Crippen LogP contribution in [-0.4, -0.2) is 22.9 Å². The summed E-state index contributed by atoms with van der Waals surface area (Å²) < 4.78 is 0. The summed E-state index contributed by atoms with van der Waals surface area (Å²) >= 11 is 7.36. The normalized spacial score (nSPS) is 15.8. The Labute approximate surface area is 152 Å². The fourth-order valence-corrected chi connectivity index (χ4v) is 3.22. The van der Waals surface area contributed by atoms with Crippen LogP contribution in [0.3, 0.4) is 0 Å². The second-order valence-electron chi connectivity index (χ2n) is 4.94. The van der Waals surface area contributed by atoms with Gasteiger partial charge in [0.1, 0.15) is 0 Å². The van der Waals surface area contributed by atoms with Crippen molar-refractivity contribution in [3.8, 4) is 0 Å². The van der Waals surface area contributed by atoms with Gasteiger partial charge in [-0.1, -0.05) is 55.8 Å². The Morgan fingerprint density at radius 2 is 1.83 bits per heavy atom. The summed E-state index contributed by atoms with van der Waals surface area (Å²) in [6, 6.07) is 17.5. The molecular formula is C19H21ClN2OS. The van der Waals surface area contributed by atoms with Gasteiger partial charge >= 0.3 is 0 Å². The van der Waals surface area contributed by atoms with Gasteiger partial charge in [-0.25, -0.2) is 5.01 Å². The monoisotopic (exact) mass is 360 g/mol. The number of carbonyl (C=O) groups is 1. The van der Waals surface area contributed by atoms with Crippen molar-refractivity contribution in [1.82, 2.24) is 5.01 Å². The number of carbonyl (C=O) groups excluding carboxylic acids is 1. The highest BCUT2D eigenvalue weighted by Crippen LogP contribution is 2.29. The van der Waals surface area contributed by atoms with Crippen molar-refractivity contribution < 1.29 is 4.79 Å². The number of thioether (sulfide) groups is 1. The first-order valence-electron chi connectivity index (χ1n) is 8.02. The molecule has 1 atom stereocenters. The molecule has 1 amide bonds. The molecule has 0 bridgehead atoms. The number of hydrazone groups is 1. The van der Waals surface area contributed by atoms with Gasteiger partial charge < -0.3 is 0 Å². The molecule has 0 fully saturated rings. The Hall–Kier alpha value is -1.78. The van der Waals surface area contributed by atoms with Crippen molar-refractivity contribution >= 4 is 35.5 Å². The van der Waals surface area contributed by atoms with E-state index in [1.165, 1.54) is 11.8 Å². The summed E-state index contributed by atoms with van der Waals surface area (Å²) in [4.78, 5) is 13.5. The molecule has 0 spiro atoms. The minimum absolute atomic E-state index is 0.0134. The highest BCUT2D eigenvalue weighted by atomic mass is 35.5. The maximum Gasteiger partial charge on any atom is 0.253 e. The summed E-state index contributed by atoms with van der Waals surface area (Å²) in [7, 11) is 0. The van der Waals surface area contributed by atoms with E-state index in [-0.39, 0.29) is 11.9 Å². The van der Waals surface area contributed by atoms with Crippen LogP contribution < -0.4 is 0 Å². The largest absolute Gasteiger partial charge is 0.272 e. The van der Waals surface area contributed by atoms with Crippen molar-refractivity contribution in [2.75, 3.05) is 5.75 Å². The lowest BCUT2D eigenvalue weighted by Gasteiger charge is -2.22. The van der Waals surface area contributed by atoms with E-state index < -0.39 is 0 Å². The van der Waals surface area contributed by atoms with E-state index in [2.05, 4.69) is 5.10 Å². The SMILES string of the molecule is CC.O=C(CSc1ccc(Cl)cc1)N1N=CCC1c1ccccc1. The lowest BCUT2D eigenvalue weighted by Crippen LogP contribution is -2.28. The first-order valence-corrected chi connectivity index (χ1v) is 9.38. The molecule has 2 aromatic rings. The summed E-state index contributed by atoms with van der Waals surface area (Å²) in [5.74, 6) is 0.380. The maximum absolute atomic E-state index is 12.4. The topological polar surface area (TPSA) is 32.7 Å². The number of amides is 1. The van der Waals surface area contributed by atoms with E-state index in [1.807, 2.05) is 74.7 Å². The van der Waals surface area contributed by atoms with Crippen LogP contribution in [0, 0.1) is 0 Å². The van der Waals surface area contributed by atoms with E-state index in [9.17, 15) is 4.79 Å². The predicted octanol–water partition coefficient (Wildman–Crippen LogP) is 5.42. The molecule has 0 N–H and O–H groups in total. The second kappa shape index (κ2) is 9.50. The molecule has 0 saturated carbocycles. The van der Waals surface area contributed by atoms with E-state index in [1.54, 1.807) is 5.01 Å². The third-order valence-corrected chi connectivity index (χ3v) is 4.69. The van der Waals surface area contributed by atoms with Crippen LogP contribution in [0.15, 0.2) is 64.6 Å². The minimum Gasteiger partial charge on any atom is -0.272 e. The number of hydrogen-bond donors (Lipinski definition) is 0. The number of rotatable bonds is 4. The van der Waals surface area contributed by atoms with Crippen LogP contribution in [0.4, 0.5) is 0 Å². The molecule has 3 rings (SSSR count). The molecule has 3 nitrogen and oxygen atoms in total. The van der Waals surface area contributed by atoms with Crippen molar-refractivity contribution in [3.05, 3.63) is 65.2 Å². The van der Waals surface area contributed by atoms with Crippen LogP contribution in [0.2, 0.25) is 5.02 Å². The fourth-order valence-electron chi connectivity index (χ4n) is 2.35. The zero-order valence-corrected chi connectivity index (χ0v) is 15.4. The van der Waals surface area contributed by atoms with Gasteiger partial charge in [-0.3, -0.25) is 4.79 Å². The molecule has 1 aliphatic heterocycles. The Balaban J connectivity index is 0.00000100. The van der Waals surface area contributed by atoms with Gasteiger partial charge in [0, 0.05) is 22.6 Å². The lowest BCUT2D eigenvalue weighted by atomic mass is 10.0. The van der Waals surface area contributed by atoms with Crippen molar-refractivity contribution in [3.63, 3.8) is 0 Å². The average molecular weight is 361 g/mol. The molecule has 126 valence electrons. The van der Waals surface area contributed by atoms with Crippen molar-refractivity contribution in [2.45, 2.75) is 31.2 Å². The fraction of sp³-hybridized carbons (Fsp3) is 0.263. The number of halogens is 1. The summed E-state index contributed by atoms with van der Waals surface area (Å²) in [6.07, 6.45) is 2.57. The molecule has 5 heteroatoms. The van der Waals surface area contributed by atoms with Crippen LogP contribution in [-0.2, 0) is 4.79 Å². The van der Waals surface area contributed by atoms with E-state index in [0.717, 1.165) is 16.9 Å². The van der Waals surface area contributed by atoms with Gasteiger partial charge in [-0.05, 0) is 29.8 Å². The molecule has 2 aromatic carbocycles. The van der Waals surface area contributed by atoms with Gasteiger partial charge in [-0.2, -0.15) is 5.10 Å². The minimum atomic E-state index is 0.0134. The average Bonchev–Trinajstić information content (AvgIpc) is 3.13. The zero-order valence-electron chi connectivity index (χ0n) is 13.9. The molecule has 24 heavy (non-hydrogen) atoms. The van der Waals surface area contributed by atoms with Crippen LogP contribution >= 0.6 is 23.4 Å². The predicted molar refractivity (Wildman–Crippen MR) is 103 cm³/mol. The van der Waals surface area contributed by atoms with Crippen LogP contribution in [0.25, 0.3) is 0 Å². The van der Waals surface area contributed by atoms with Crippen LogP contribution in [0.1, 0.15) is 31.9 Å². The third-order valence-electron chi connectivity index (χ3n) is 3.45. The summed E-state index contributed by atoms with van der Waals surface area (Å²) in [6.45, 7) is 4.00. The van der Waals surface area contributed by atoms with E-state index >= 15 is 0 Å². The third kappa shape index (κ3) is 4.86. The van der Waals surface area contributed by atoms with Crippen molar-refractivity contribution in [2.24, 2.45) is 5.10 Å². The van der Waals surface area contributed by atoms with Gasteiger partial charge in [0.05, 0.1) is 11.8 Å². The molecule has 0 radical (unpaired) electrons. The Bertz CT molecular complexity index is 674. The summed E-state index contributed by atoms with van der Waals surface area (Å²) in [5, 5.41) is 6.54. The molecular weight excluding hydrogens is 340 g/mol. The molecule has 0 saturated heterocycles. The Kier molecular flexibility index (Phi) is 7.35. The number of hydrogen-bond acceptors (Lipinski definition) is 3. The maximum atomic E-state index is 12.4. The smallest absolute Gasteiger partial charge is 0.253 e. The second-order valence-corrected chi connectivity index (χ2v) is 6.43. The molecule has 1 unspecified atom stereocenters. The lowest BCUT2D eigenvalue weighted by molar-refractivity contribution is -0.130.